The summed E-state index contributed by atoms with van der Waals surface area (Å²) in [5, 5.41) is 9.86. The van der Waals surface area contributed by atoms with Crippen molar-refractivity contribution in [3.8, 4) is 11.5 Å². The number of esters is 1. The summed E-state index contributed by atoms with van der Waals surface area (Å²) in [7, 11) is 1.36. The van der Waals surface area contributed by atoms with Crippen LogP contribution in [0.2, 0.25) is 0 Å². The molecule has 1 aromatic carbocycles. The average Bonchev–Trinajstić information content (AvgIpc) is 2.73. The molecule has 0 spiro atoms. The van der Waals surface area contributed by atoms with Crippen LogP contribution in [0.1, 0.15) is 24.0 Å². The van der Waals surface area contributed by atoms with E-state index in [0.29, 0.717) is 25.2 Å². The number of fused-ring (bicyclic) bond motifs is 1. The van der Waals surface area contributed by atoms with E-state index < -0.39 is 0 Å². The number of ether oxygens (including phenoxy) is 2. The number of carbonyl (C=O) groups is 1. The number of nitrogens with two attached hydrogens (primary N) is 1. The van der Waals surface area contributed by atoms with Gasteiger partial charge in [0.15, 0.2) is 11.5 Å². The third kappa shape index (κ3) is 3.38. The molecule has 0 amide bonds. The molecule has 1 aliphatic carbocycles. The van der Waals surface area contributed by atoms with Crippen LogP contribution in [0.25, 0.3) is 0 Å². The van der Waals surface area contributed by atoms with Gasteiger partial charge in [0.1, 0.15) is 0 Å². The number of hydrogen-bond acceptors (Lipinski definition) is 5. The Bertz CT molecular complexity index is 473. The maximum absolute atomic E-state index is 10.9. The molecule has 0 aromatic heterocycles. The number of phenolic OH excluding ortho intramolecular Hbond substituents is 1. The average molecular weight is 265 g/mol. The van der Waals surface area contributed by atoms with Gasteiger partial charge in [0, 0.05) is 12.5 Å². The normalized spacial score (nSPS) is 17.1. The molecule has 2 rings (SSSR count). The molecule has 3 N–H and O–H groups in total. The van der Waals surface area contributed by atoms with Gasteiger partial charge in [-0.15, -0.1) is 0 Å². The molecular formula is C14H19NO4. The van der Waals surface area contributed by atoms with Crippen LogP contribution in [-0.4, -0.2) is 30.8 Å². The SMILES string of the molecule is COC(=O)CCCOc1cc2c(cc1O)CC(N)C2. The van der Waals surface area contributed by atoms with Gasteiger partial charge in [0.05, 0.1) is 13.7 Å². The van der Waals surface area contributed by atoms with Gasteiger partial charge in [-0.05, 0) is 42.5 Å². The van der Waals surface area contributed by atoms with E-state index in [-0.39, 0.29) is 17.8 Å². The first-order valence-corrected chi connectivity index (χ1v) is 6.40. The Morgan fingerprint density at radius 1 is 1.42 bits per heavy atom. The van der Waals surface area contributed by atoms with Crippen molar-refractivity contribution in [2.45, 2.75) is 31.7 Å². The highest BCUT2D eigenvalue weighted by molar-refractivity contribution is 5.69. The Morgan fingerprint density at radius 3 is 2.79 bits per heavy atom. The second-order valence-corrected chi connectivity index (χ2v) is 4.79. The molecule has 0 saturated carbocycles. The maximum atomic E-state index is 10.9. The molecule has 5 nitrogen and oxygen atoms in total. The van der Waals surface area contributed by atoms with Crippen LogP contribution < -0.4 is 10.5 Å². The Hall–Kier alpha value is -1.75. The summed E-state index contributed by atoms with van der Waals surface area (Å²) in [6, 6.07) is 3.69. The fourth-order valence-electron chi connectivity index (χ4n) is 2.29. The van der Waals surface area contributed by atoms with Crippen molar-refractivity contribution in [2.24, 2.45) is 5.73 Å². The fourth-order valence-corrected chi connectivity index (χ4v) is 2.29. The Morgan fingerprint density at radius 2 is 2.11 bits per heavy atom. The third-order valence-corrected chi connectivity index (χ3v) is 3.26. The van der Waals surface area contributed by atoms with Crippen molar-refractivity contribution >= 4 is 5.97 Å². The van der Waals surface area contributed by atoms with Gasteiger partial charge < -0.3 is 20.3 Å². The first-order valence-electron chi connectivity index (χ1n) is 6.40. The maximum Gasteiger partial charge on any atom is 0.305 e. The lowest BCUT2D eigenvalue weighted by atomic mass is 10.1. The zero-order valence-electron chi connectivity index (χ0n) is 11.0. The van der Waals surface area contributed by atoms with E-state index in [4.69, 9.17) is 10.5 Å². The molecule has 0 fully saturated rings. The van der Waals surface area contributed by atoms with E-state index in [0.717, 1.165) is 24.0 Å². The lowest BCUT2D eigenvalue weighted by Gasteiger charge is -2.10. The number of rotatable bonds is 5. The van der Waals surface area contributed by atoms with Crippen LogP contribution >= 0.6 is 0 Å². The van der Waals surface area contributed by atoms with E-state index in [9.17, 15) is 9.90 Å². The molecule has 1 aliphatic rings. The van der Waals surface area contributed by atoms with E-state index in [2.05, 4.69) is 4.74 Å². The van der Waals surface area contributed by atoms with Gasteiger partial charge in [0.25, 0.3) is 0 Å². The van der Waals surface area contributed by atoms with Gasteiger partial charge in [-0.2, -0.15) is 0 Å². The minimum absolute atomic E-state index is 0.129. The van der Waals surface area contributed by atoms with Gasteiger partial charge >= 0.3 is 5.97 Å². The van der Waals surface area contributed by atoms with E-state index in [1.807, 2.05) is 6.07 Å². The van der Waals surface area contributed by atoms with E-state index >= 15 is 0 Å². The Balaban J connectivity index is 1.91. The third-order valence-electron chi connectivity index (χ3n) is 3.26. The zero-order valence-corrected chi connectivity index (χ0v) is 11.0. The summed E-state index contributed by atoms with van der Waals surface area (Å²) >= 11 is 0. The number of benzene rings is 1. The molecular weight excluding hydrogens is 246 g/mol. The summed E-state index contributed by atoms with van der Waals surface area (Å²) in [6.45, 7) is 0.369. The summed E-state index contributed by atoms with van der Waals surface area (Å²) in [5.41, 5.74) is 8.10. The van der Waals surface area contributed by atoms with Crippen molar-refractivity contribution in [1.82, 2.24) is 0 Å². The monoisotopic (exact) mass is 265 g/mol. The van der Waals surface area contributed by atoms with Crippen LogP contribution in [-0.2, 0) is 22.4 Å². The largest absolute Gasteiger partial charge is 0.504 e. The second-order valence-electron chi connectivity index (χ2n) is 4.79. The molecule has 0 radical (unpaired) electrons. The second kappa shape index (κ2) is 5.93. The summed E-state index contributed by atoms with van der Waals surface area (Å²) in [6.07, 6.45) is 2.48. The van der Waals surface area contributed by atoms with Crippen LogP contribution in [0.3, 0.4) is 0 Å². The van der Waals surface area contributed by atoms with Crippen LogP contribution in [0.15, 0.2) is 12.1 Å². The van der Waals surface area contributed by atoms with Gasteiger partial charge in [-0.3, -0.25) is 4.79 Å². The predicted octanol–water partition coefficient (Wildman–Crippen LogP) is 1.15. The highest BCUT2D eigenvalue weighted by Crippen LogP contribution is 2.33. The highest BCUT2D eigenvalue weighted by atomic mass is 16.5. The molecule has 1 aromatic rings. The standard InChI is InChI=1S/C14H19NO4/c1-18-14(17)3-2-4-19-13-8-10-6-11(15)5-9(10)7-12(13)16/h7-8,11,16H,2-6,15H2,1H3. The molecule has 0 heterocycles. The summed E-state index contributed by atoms with van der Waals surface area (Å²) in [5.74, 6) is 0.330. The number of methoxy groups -OCH3 is 1. The summed E-state index contributed by atoms with van der Waals surface area (Å²) in [4.78, 5) is 10.9. The predicted molar refractivity (Wildman–Crippen MR) is 70.2 cm³/mol. The van der Waals surface area contributed by atoms with Crippen LogP contribution in [0.5, 0.6) is 11.5 Å². The van der Waals surface area contributed by atoms with Crippen molar-refractivity contribution in [3.05, 3.63) is 23.3 Å². The topological polar surface area (TPSA) is 81.8 Å². The number of carbonyl (C=O) groups excluding carboxylic acids is 1. The summed E-state index contributed by atoms with van der Waals surface area (Å²) < 4.78 is 10.0. The van der Waals surface area contributed by atoms with Crippen molar-refractivity contribution in [1.29, 1.82) is 0 Å². The van der Waals surface area contributed by atoms with E-state index in [1.165, 1.54) is 7.11 Å². The Kier molecular flexibility index (Phi) is 4.27. The molecule has 0 saturated heterocycles. The van der Waals surface area contributed by atoms with Gasteiger partial charge in [0.2, 0.25) is 0 Å². The first-order chi connectivity index (χ1) is 9.10. The molecule has 1 atom stereocenters. The van der Waals surface area contributed by atoms with Gasteiger partial charge in [-0.1, -0.05) is 0 Å². The lowest BCUT2D eigenvalue weighted by Crippen LogP contribution is -2.18. The minimum atomic E-state index is -0.257. The smallest absolute Gasteiger partial charge is 0.305 e. The molecule has 1 unspecified atom stereocenters. The zero-order chi connectivity index (χ0) is 13.8. The van der Waals surface area contributed by atoms with Crippen LogP contribution in [0.4, 0.5) is 0 Å². The number of aromatic hydroxyl groups is 1. The molecule has 19 heavy (non-hydrogen) atoms. The van der Waals surface area contributed by atoms with Crippen molar-refractivity contribution < 1.29 is 19.4 Å². The molecule has 0 bridgehead atoms. The van der Waals surface area contributed by atoms with Crippen molar-refractivity contribution in [3.63, 3.8) is 0 Å². The molecule has 104 valence electrons. The number of phenols is 1. The molecule has 0 aliphatic heterocycles. The lowest BCUT2D eigenvalue weighted by molar-refractivity contribution is -0.140. The van der Waals surface area contributed by atoms with Crippen molar-refractivity contribution in [2.75, 3.05) is 13.7 Å². The number of hydrogen-bond donors (Lipinski definition) is 2. The minimum Gasteiger partial charge on any atom is -0.504 e. The van der Waals surface area contributed by atoms with E-state index in [1.54, 1.807) is 6.07 Å². The van der Waals surface area contributed by atoms with Crippen LogP contribution in [0, 0.1) is 0 Å². The fraction of sp³-hybridized carbons (Fsp3) is 0.500. The molecule has 5 heteroatoms. The first kappa shape index (κ1) is 13.7. The highest BCUT2D eigenvalue weighted by Gasteiger charge is 2.20. The Labute approximate surface area is 112 Å². The van der Waals surface area contributed by atoms with Gasteiger partial charge in [-0.25, -0.2) is 0 Å². The quantitative estimate of drug-likeness (QED) is 0.616.